The molecule has 0 bridgehead atoms. The third-order valence-electron chi connectivity index (χ3n) is 2.13. The largest absolute Gasteiger partial charge is 0.497 e. The fourth-order valence-corrected chi connectivity index (χ4v) is 2.09. The highest BCUT2D eigenvalue weighted by Crippen LogP contribution is 2.41. The first-order chi connectivity index (χ1) is 9.32. The third kappa shape index (κ3) is 4.06. The molecule has 0 radical (unpaired) electrons. The van der Waals surface area contributed by atoms with Crippen LogP contribution in [0.25, 0.3) is 0 Å². The standard InChI is InChI=1S/C12H10F3NO3S/c1-3-19-11(17)9-5-8(18-2)4-7(6-16)10(9)20-12(13,14)15/h4-5H,3H2,1-2H3. The summed E-state index contributed by atoms with van der Waals surface area (Å²) in [5.74, 6) is -0.828. The van der Waals surface area contributed by atoms with Gasteiger partial charge >= 0.3 is 11.5 Å². The van der Waals surface area contributed by atoms with E-state index < -0.39 is 28.1 Å². The lowest BCUT2D eigenvalue weighted by atomic mass is 10.1. The number of carbonyl (C=O) groups is 1. The zero-order valence-electron chi connectivity index (χ0n) is 10.6. The van der Waals surface area contributed by atoms with E-state index in [4.69, 9.17) is 14.7 Å². The van der Waals surface area contributed by atoms with Gasteiger partial charge in [-0.3, -0.25) is 0 Å². The van der Waals surface area contributed by atoms with E-state index in [9.17, 15) is 18.0 Å². The molecule has 8 heteroatoms. The summed E-state index contributed by atoms with van der Waals surface area (Å²) in [6, 6.07) is 3.88. The summed E-state index contributed by atoms with van der Waals surface area (Å²) < 4.78 is 47.2. The number of alkyl halides is 3. The van der Waals surface area contributed by atoms with Gasteiger partial charge in [0.1, 0.15) is 11.8 Å². The SMILES string of the molecule is CCOC(=O)c1cc(OC)cc(C#N)c1SC(F)(F)F. The van der Waals surface area contributed by atoms with E-state index in [0.717, 1.165) is 12.1 Å². The normalized spacial score (nSPS) is 10.8. The van der Waals surface area contributed by atoms with Crippen molar-refractivity contribution < 1.29 is 27.4 Å². The summed E-state index contributed by atoms with van der Waals surface area (Å²) in [5.41, 5.74) is -5.26. The fraction of sp³-hybridized carbons (Fsp3) is 0.333. The Kier molecular flexibility index (Phi) is 5.27. The molecule has 0 aliphatic rings. The molecule has 0 heterocycles. The van der Waals surface area contributed by atoms with Crippen molar-refractivity contribution in [1.29, 1.82) is 5.26 Å². The van der Waals surface area contributed by atoms with Crippen molar-refractivity contribution in [2.75, 3.05) is 13.7 Å². The van der Waals surface area contributed by atoms with Crippen LogP contribution in [-0.2, 0) is 4.74 Å². The number of carbonyl (C=O) groups excluding carboxylic acids is 1. The molecule has 0 N–H and O–H groups in total. The highest BCUT2D eigenvalue weighted by atomic mass is 32.2. The van der Waals surface area contributed by atoms with Crippen molar-refractivity contribution >= 4 is 17.7 Å². The lowest BCUT2D eigenvalue weighted by Gasteiger charge is -2.13. The number of ether oxygens (including phenoxy) is 2. The third-order valence-corrected chi connectivity index (χ3v) is 3.01. The number of nitrogens with zero attached hydrogens (tertiary/aromatic N) is 1. The van der Waals surface area contributed by atoms with Gasteiger partial charge in [-0.2, -0.15) is 18.4 Å². The van der Waals surface area contributed by atoms with Crippen LogP contribution in [-0.4, -0.2) is 25.2 Å². The van der Waals surface area contributed by atoms with Crippen molar-refractivity contribution in [3.63, 3.8) is 0 Å². The molecule has 0 aliphatic heterocycles. The number of esters is 1. The fourth-order valence-electron chi connectivity index (χ4n) is 1.39. The molecule has 0 amide bonds. The lowest BCUT2D eigenvalue weighted by Crippen LogP contribution is -2.10. The van der Waals surface area contributed by atoms with Gasteiger partial charge in [-0.25, -0.2) is 4.79 Å². The quantitative estimate of drug-likeness (QED) is 0.630. The van der Waals surface area contributed by atoms with Gasteiger partial charge in [0.25, 0.3) is 0 Å². The minimum Gasteiger partial charge on any atom is -0.497 e. The lowest BCUT2D eigenvalue weighted by molar-refractivity contribution is -0.0328. The van der Waals surface area contributed by atoms with E-state index in [0.29, 0.717) is 0 Å². The minimum atomic E-state index is -4.62. The van der Waals surface area contributed by atoms with Gasteiger partial charge in [-0.05, 0) is 30.8 Å². The molecular weight excluding hydrogens is 295 g/mol. The second-order valence-electron chi connectivity index (χ2n) is 3.43. The van der Waals surface area contributed by atoms with Gasteiger partial charge in [-0.15, -0.1) is 0 Å². The Balaban J connectivity index is 3.43. The molecule has 20 heavy (non-hydrogen) atoms. The Morgan fingerprint density at radius 3 is 2.55 bits per heavy atom. The zero-order valence-corrected chi connectivity index (χ0v) is 11.4. The minimum absolute atomic E-state index is 0.00799. The van der Waals surface area contributed by atoms with Crippen LogP contribution in [0, 0.1) is 11.3 Å². The topological polar surface area (TPSA) is 59.3 Å². The maximum Gasteiger partial charge on any atom is 0.446 e. The zero-order chi connectivity index (χ0) is 15.3. The van der Waals surface area contributed by atoms with Crippen LogP contribution >= 0.6 is 11.8 Å². The number of nitriles is 1. The second-order valence-corrected chi connectivity index (χ2v) is 4.51. The summed E-state index contributed by atoms with van der Waals surface area (Å²) in [5, 5.41) is 8.93. The highest BCUT2D eigenvalue weighted by Gasteiger charge is 2.33. The molecule has 108 valence electrons. The van der Waals surface area contributed by atoms with Gasteiger partial charge in [0.2, 0.25) is 0 Å². The summed E-state index contributed by atoms with van der Waals surface area (Å²) in [6.07, 6.45) is 0. The molecular formula is C12H10F3NO3S. The molecule has 0 aromatic heterocycles. The predicted molar refractivity (Wildman–Crippen MR) is 65.6 cm³/mol. The van der Waals surface area contributed by atoms with E-state index in [1.54, 1.807) is 6.07 Å². The number of hydrogen-bond donors (Lipinski definition) is 0. The number of benzene rings is 1. The van der Waals surface area contributed by atoms with Crippen LogP contribution in [0.4, 0.5) is 13.2 Å². The van der Waals surface area contributed by atoms with Crippen LogP contribution < -0.4 is 4.74 Å². The first-order valence-corrected chi connectivity index (χ1v) is 6.19. The van der Waals surface area contributed by atoms with Crippen molar-refractivity contribution in [2.24, 2.45) is 0 Å². The van der Waals surface area contributed by atoms with E-state index in [1.165, 1.54) is 14.0 Å². The van der Waals surface area contributed by atoms with Crippen molar-refractivity contribution in [3.05, 3.63) is 23.3 Å². The molecule has 1 rings (SSSR count). The summed E-state index contributed by atoms with van der Waals surface area (Å²) in [6.45, 7) is 1.54. The first kappa shape index (κ1) is 16.2. The van der Waals surface area contributed by atoms with E-state index >= 15 is 0 Å². The second kappa shape index (κ2) is 6.52. The Hall–Kier alpha value is -1.88. The van der Waals surface area contributed by atoms with Crippen molar-refractivity contribution in [2.45, 2.75) is 17.3 Å². The molecule has 0 aliphatic carbocycles. The van der Waals surface area contributed by atoms with Crippen LogP contribution in [0.3, 0.4) is 0 Å². The molecule has 0 saturated heterocycles. The number of thioether (sulfide) groups is 1. The summed E-state index contributed by atoms with van der Waals surface area (Å²) in [7, 11) is 1.28. The first-order valence-electron chi connectivity index (χ1n) is 5.37. The number of halogens is 3. The molecule has 0 unspecified atom stereocenters. The molecule has 0 atom stereocenters. The summed E-state index contributed by atoms with van der Waals surface area (Å²) in [4.78, 5) is 11.2. The van der Waals surface area contributed by atoms with E-state index in [-0.39, 0.29) is 23.5 Å². The number of rotatable bonds is 4. The van der Waals surface area contributed by atoms with Gasteiger partial charge in [0, 0.05) is 4.90 Å². The van der Waals surface area contributed by atoms with Gasteiger partial charge < -0.3 is 9.47 Å². The Labute approximate surface area is 117 Å². The van der Waals surface area contributed by atoms with Crippen LogP contribution in [0.2, 0.25) is 0 Å². The van der Waals surface area contributed by atoms with Crippen LogP contribution in [0.15, 0.2) is 17.0 Å². The molecule has 0 spiro atoms. The smallest absolute Gasteiger partial charge is 0.446 e. The predicted octanol–water partition coefficient (Wildman–Crippen LogP) is 3.36. The Morgan fingerprint density at radius 2 is 2.10 bits per heavy atom. The van der Waals surface area contributed by atoms with Crippen LogP contribution in [0.5, 0.6) is 5.75 Å². The van der Waals surface area contributed by atoms with E-state index in [1.807, 2.05) is 0 Å². The van der Waals surface area contributed by atoms with Crippen molar-refractivity contribution in [3.8, 4) is 11.8 Å². The average molecular weight is 305 g/mol. The highest BCUT2D eigenvalue weighted by molar-refractivity contribution is 8.00. The number of hydrogen-bond acceptors (Lipinski definition) is 5. The molecule has 0 fully saturated rings. The molecule has 1 aromatic carbocycles. The molecule has 4 nitrogen and oxygen atoms in total. The monoisotopic (exact) mass is 305 g/mol. The van der Waals surface area contributed by atoms with Gasteiger partial charge in [0.05, 0.1) is 24.8 Å². The Bertz CT molecular complexity index is 552. The average Bonchev–Trinajstić information content (AvgIpc) is 2.37. The van der Waals surface area contributed by atoms with Crippen molar-refractivity contribution in [1.82, 2.24) is 0 Å². The molecule has 0 saturated carbocycles. The number of methoxy groups -OCH3 is 1. The van der Waals surface area contributed by atoms with Crippen LogP contribution in [0.1, 0.15) is 22.8 Å². The summed E-state index contributed by atoms with van der Waals surface area (Å²) >= 11 is -0.527. The van der Waals surface area contributed by atoms with E-state index in [2.05, 4.69) is 0 Å². The maximum absolute atomic E-state index is 12.5. The molecule has 1 aromatic rings. The van der Waals surface area contributed by atoms with Gasteiger partial charge in [0.15, 0.2) is 0 Å². The van der Waals surface area contributed by atoms with Gasteiger partial charge in [-0.1, -0.05) is 0 Å². The Morgan fingerprint density at radius 1 is 1.45 bits per heavy atom. The maximum atomic E-state index is 12.5.